The van der Waals surface area contributed by atoms with Crippen LogP contribution in [0.25, 0.3) is 6.08 Å². The van der Waals surface area contributed by atoms with E-state index in [0.717, 1.165) is 5.41 Å². The van der Waals surface area contributed by atoms with Crippen LogP contribution in [0.5, 0.6) is 11.5 Å². The third-order valence-electron chi connectivity index (χ3n) is 5.70. The number of carbonyl (C=O) groups is 1. The third kappa shape index (κ3) is 7.65. The lowest BCUT2D eigenvalue weighted by Crippen LogP contribution is -2.16. The Morgan fingerprint density at radius 2 is 1.39 bits per heavy atom. The highest BCUT2D eigenvalue weighted by atomic mass is 32.2. The molecule has 212 valence electrons. The van der Waals surface area contributed by atoms with Crippen LogP contribution in [0.15, 0.2) is 107 Å². The van der Waals surface area contributed by atoms with Gasteiger partial charge in [0.15, 0.2) is 0 Å². The van der Waals surface area contributed by atoms with Gasteiger partial charge in [-0.3, -0.25) is 14.2 Å². The fraction of sp³-hybridized carbons (Fsp3) is 0.0690. The summed E-state index contributed by atoms with van der Waals surface area (Å²) >= 11 is 0. The van der Waals surface area contributed by atoms with Crippen molar-refractivity contribution >= 4 is 49.1 Å². The second kappa shape index (κ2) is 12.6. The fourth-order valence-electron chi connectivity index (χ4n) is 3.73. The Morgan fingerprint density at radius 3 is 2.12 bits per heavy atom. The molecule has 0 atom stereocenters. The van der Waals surface area contributed by atoms with E-state index >= 15 is 0 Å². The van der Waals surface area contributed by atoms with Gasteiger partial charge in [0.05, 0.1) is 35.9 Å². The monoisotopic (exact) mass is 593 g/mol. The van der Waals surface area contributed by atoms with Crippen LogP contribution in [-0.2, 0) is 20.0 Å². The molecule has 12 heteroatoms. The van der Waals surface area contributed by atoms with Gasteiger partial charge in [-0.25, -0.2) is 16.8 Å². The smallest absolute Gasteiger partial charge is 0.262 e. The van der Waals surface area contributed by atoms with Gasteiger partial charge in [-0.05, 0) is 60.2 Å². The third-order valence-corrected chi connectivity index (χ3v) is 8.08. The summed E-state index contributed by atoms with van der Waals surface area (Å²) in [6, 6.07) is 25.4. The Morgan fingerprint density at radius 1 is 0.707 bits per heavy atom. The van der Waals surface area contributed by atoms with Gasteiger partial charge in [0.25, 0.3) is 26.0 Å². The molecular weight excluding hydrogens is 566 g/mol. The van der Waals surface area contributed by atoms with E-state index < -0.39 is 26.0 Å². The molecule has 0 aliphatic heterocycles. The molecular formula is C29H27N3O7S2. The first-order chi connectivity index (χ1) is 19.6. The lowest BCUT2D eigenvalue weighted by atomic mass is 10.2. The molecule has 3 N–H and O–H groups in total. The van der Waals surface area contributed by atoms with Crippen molar-refractivity contribution in [3.8, 4) is 11.5 Å². The van der Waals surface area contributed by atoms with E-state index in [4.69, 9.17) is 9.47 Å². The molecule has 0 saturated heterocycles. The Kier molecular flexibility index (Phi) is 8.95. The maximum absolute atomic E-state index is 13.1. The molecule has 1 amide bonds. The first kappa shape index (κ1) is 29.2. The van der Waals surface area contributed by atoms with Crippen LogP contribution in [0, 0.1) is 0 Å². The van der Waals surface area contributed by atoms with Crippen molar-refractivity contribution in [2.75, 3.05) is 29.0 Å². The van der Waals surface area contributed by atoms with Crippen LogP contribution in [0.4, 0.5) is 17.1 Å². The number of carbonyl (C=O) groups excluding carboxylic acids is 1. The van der Waals surface area contributed by atoms with E-state index in [0.29, 0.717) is 11.3 Å². The van der Waals surface area contributed by atoms with Gasteiger partial charge in [-0.2, -0.15) is 0 Å². The topological polar surface area (TPSA) is 140 Å². The summed E-state index contributed by atoms with van der Waals surface area (Å²) in [5, 5.41) is 3.67. The first-order valence-corrected chi connectivity index (χ1v) is 15.1. The van der Waals surface area contributed by atoms with Crippen molar-refractivity contribution in [3.05, 3.63) is 114 Å². The van der Waals surface area contributed by atoms with Gasteiger partial charge in [-0.1, -0.05) is 48.5 Å². The average Bonchev–Trinajstić information content (AvgIpc) is 2.96. The lowest BCUT2D eigenvalue weighted by molar-refractivity contribution is 0.102. The number of rotatable bonds is 11. The summed E-state index contributed by atoms with van der Waals surface area (Å²) in [5.41, 5.74) is 1.34. The molecule has 0 bridgehead atoms. The SMILES string of the molecule is COc1ccc(S(=O)(=O)Nc2ccccc2OC)cc1NC(=O)c1cccc(NS(=O)(=O)/C=C/c2ccccc2)c1. The van der Waals surface area contributed by atoms with Crippen LogP contribution < -0.4 is 24.2 Å². The summed E-state index contributed by atoms with van der Waals surface area (Å²) in [5.74, 6) is -0.0573. The number of hydrogen-bond acceptors (Lipinski definition) is 7. The van der Waals surface area contributed by atoms with Gasteiger partial charge < -0.3 is 14.8 Å². The van der Waals surface area contributed by atoms with Gasteiger partial charge >= 0.3 is 0 Å². The van der Waals surface area contributed by atoms with Crippen molar-refractivity contribution < 1.29 is 31.1 Å². The van der Waals surface area contributed by atoms with Gasteiger partial charge in [-0.15, -0.1) is 0 Å². The number of methoxy groups -OCH3 is 2. The zero-order valence-electron chi connectivity index (χ0n) is 22.1. The van der Waals surface area contributed by atoms with Crippen molar-refractivity contribution in [1.82, 2.24) is 0 Å². The van der Waals surface area contributed by atoms with E-state index in [1.807, 2.05) is 6.07 Å². The first-order valence-electron chi connectivity index (χ1n) is 12.1. The maximum atomic E-state index is 13.1. The number of ether oxygens (including phenoxy) is 2. The Bertz CT molecular complexity index is 1790. The van der Waals surface area contributed by atoms with E-state index in [1.54, 1.807) is 48.5 Å². The molecule has 0 aromatic heterocycles. The van der Waals surface area contributed by atoms with E-state index in [-0.39, 0.29) is 33.3 Å². The van der Waals surface area contributed by atoms with E-state index in [9.17, 15) is 21.6 Å². The standard InChI is InChI=1S/C29H27N3O7S2/c1-38-27-14-7-6-13-25(27)32-41(36,37)24-15-16-28(39-2)26(20-24)30-29(33)22-11-8-12-23(19-22)31-40(34,35)18-17-21-9-4-3-5-10-21/h3-20,31-32H,1-2H3,(H,30,33)/b18-17+. The molecule has 41 heavy (non-hydrogen) atoms. The number of hydrogen-bond donors (Lipinski definition) is 3. The summed E-state index contributed by atoms with van der Waals surface area (Å²) in [6.45, 7) is 0. The summed E-state index contributed by atoms with van der Waals surface area (Å²) in [6.07, 6.45) is 1.45. The molecule has 0 aliphatic carbocycles. The minimum atomic E-state index is -4.07. The van der Waals surface area contributed by atoms with Crippen LogP contribution >= 0.6 is 0 Å². The van der Waals surface area contributed by atoms with Gasteiger partial charge in [0.1, 0.15) is 11.5 Å². The molecule has 4 rings (SSSR count). The number of amides is 1. The number of sulfonamides is 2. The molecule has 4 aromatic carbocycles. The second-order valence-corrected chi connectivity index (χ2v) is 11.8. The Balaban J connectivity index is 1.53. The van der Waals surface area contributed by atoms with Crippen LogP contribution in [-0.4, -0.2) is 37.0 Å². The summed E-state index contributed by atoms with van der Waals surface area (Å²) < 4.78 is 66.7. The maximum Gasteiger partial charge on any atom is 0.262 e. The Labute approximate surface area is 238 Å². The highest BCUT2D eigenvalue weighted by Crippen LogP contribution is 2.31. The van der Waals surface area contributed by atoms with Crippen LogP contribution in [0.3, 0.4) is 0 Å². The highest BCUT2D eigenvalue weighted by molar-refractivity contribution is 7.95. The molecule has 0 saturated carbocycles. The second-order valence-electron chi connectivity index (χ2n) is 8.56. The van der Waals surface area contributed by atoms with Crippen LogP contribution in [0.1, 0.15) is 15.9 Å². The quantitative estimate of drug-likeness (QED) is 0.218. The van der Waals surface area contributed by atoms with E-state index in [2.05, 4.69) is 14.8 Å². The molecule has 0 heterocycles. The Hall–Kier alpha value is -4.81. The molecule has 0 radical (unpaired) electrons. The van der Waals surface area contributed by atoms with Crippen molar-refractivity contribution in [1.29, 1.82) is 0 Å². The minimum absolute atomic E-state index is 0.0946. The summed E-state index contributed by atoms with van der Waals surface area (Å²) in [7, 11) is -5.12. The zero-order chi connectivity index (χ0) is 29.5. The minimum Gasteiger partial charge on any atom is -0.495 e. The van der Waals surface area contributed by atoms with E-state index in [1.165, 1.54) is 62.8 Å². The summed E-state index contributed by atoms with van der Waals surface area (Å²) in [4.78, 5) is 13.0. The molecule has 10 nitrogen and oxygen atoms in total. The average molecular weight is 594 g/mol. The number of anilines is 3. The molecule has 0 unspecified atom stereocenters. The van der Waals surface area contributed by atoms with Crippen LogP contribution in [0.2, 0.25) is 0 Å². The van der Waals surface area contributed by atoms with Crippen molar-refractivity contribution in [2.24, 2.45) is 0 Å². The predicted molar refractivity (Wildman–Crippen MR) is 159 cm³/mol. The number of para-hydroxylation sites is 2. The number of benzene rings is 4. The largest absolute Gasteiger partial charge is 0.495 e. The predicted octanol–water partition coefficient (Wildman–Crippen LogP) is 5.17. The van der Waals surface area contributed by atoms with Gasteiger partial charge in [0, 0.05) is 11.3 Å². The highest BCUT2D eigenvalue weighted by Gasteiger charge is 2.20. The normalized spacial score (nSPS) is 11.6. The molecule has 0 aliphatic rings. The zero-order valence-corrected chi connectivity index (χ0v) is 23.7. The lowest BCUT2D eigenvalue weighted by Gasteiger charge is -2.15. The molecule has 4 aromatic rings. The van der Waals surface area contributed by atoms with Crippen molar-refractivity contribution in [3.63, 3.8) is 0 Å². The van der Waals surface area contributed by atoms with Crippen molar-refractivity contribution in [2.45, 2.75) is 4.90 Å². The fourth-order valence-corrected chi connectivity index (χ4v) is 5.69. The molecule has 0 spiro atoms. The molecule has 0 fully saturated rings. The van der Waals surface area contributed by atoms with Gasteiger partial charge in [0.2, 0.25) is 0 Å². The number of nitrogens with one attached hydrogen (secondary N) is 3.